The van der Waals surface area contributed by atoms with Gasteiger partial charge in [0.1, 0.15) is 11.5 Å². The van der Waals surface area contributed by atoms with Crippen LogP contribution < -0.4 is 14.9 Å². The molecule has 0 fully saturated rings. The highest BCUT2D eigenvalue weighted by Gasteiger charge is 2.29. The van der Waals surface area contributed by atoms with E-state index in [4.69, 9.17) is 13.9 Å². The zero-order chi connectivity index (χ0) is 29.2. The lowest BCUT2D eigenvalue weighted by Crippen LogP contribution is -2.24. The second-order valence-corrected chi connectivity index (χ2v) is 14.7. The first kappa shape index (κ1) is 30.2. The number of benzene rings is 3. The maximum Gasteiger partial charge on any atom is 0.208 e. The van der Waals surface area contributed by atoms with Crippen LogP contribution in [0.15, 0.2) is 64.3 Å². The van der Waals surface area contributed by atoms with Crippen molar-refractivity contribution in [3.8, 4) is 11.5 Å². The molecule has 1 radical (unpaired) electrons. The van der Waals surface area contributed by atoms with Crippen molar-refractivity contribution in [2.75, 3.05) is 40.6 Å². The summed E-state index contributed by atoms with van der Waals surface area (Å²) in [5.74, 6) is 2.47. The van der Waals surface area contributed by atoms with Gasteiger partial charge in [-0.15, -0.1) is 11.8 Å². The zero-order valence-electron chi connectivity index (χ0n) is 25.1. The SMILES string of the molecule is COc1cc(C(O[Si](C)C)n2c3ccccc3c(=O)c3ccc(SCCN(C)C)cc32)cc(OC)c1C(C)(C)C. The number of rotatable bonds is 10. The monoisotopic (exact) mass is 577 g/mol. The number of fused-ring (bicyclic) bond motifs is 2. The van der Waals surface area contributed by atoms with Gasteiger partial charge in [0, 0.05) is 39.1 Å². The highest BCUT2D eigenvalue weighted by atomic mass is 32.2. The lowest BCUT2D eigenvalue weighted by molar-refractivity contribution is 0.184. The topological polar surface area (TPSA) is 52.9 Å². The van der Waals surface area contributed by atoms with Crippen LogP contribution in [0.1, 0.15) is 38.1 Å². The average molecular weight is 578 g/mol. The normalized spacial score (nSPS) is 13.0. The number of thioether (sulfide) groups is 1. The summed E-state index contributed by atoms with van der Waals surface area (Å²) in [4.78, 5) is 17.0. The third kappa shape index (κ3) is 6.25. The molecule has 0 aliphatic heterocycles. The lowest BCUT2D eigenvalue weighted by Gasteiger charge is -2.30. The van der Waals surface area contributed by atoms with Crippen LogP contribution in [0, 0.1) is 0 Å². The van der Waals surface area contributed by atoms with Gasteiger partial charge >= 0.3 is 0 Å². The molecule has 213 valence electrons. The highest BCUT2D eigenvalue weighted by molar-refractivity contribution is 7.99. The molecule has 0 saturated carbocycles. The minimum atomic E-state index is -1.17. The molecule has 1 aromatic heterocycles. The summed E-state index contributed by atoms with van der Waals surface area (Å²) in [6.07, 6.45) is -0.490. The predicted octanol–water partition coefficient (Wildman–Crippen LogP) is 6.94. The second-order valence-electron chi connectivity index (χ2n) is 11.5. The standard InChI is InChI=1S/C32H41N2O4SSi/c1-32(2,3)29-27(36-6)18-21(19-28(29)37-7)31(38-40(8)9)34-25-13-11-10-12-23(25)30(35)24-15-14-22(20-26(24)34)39-17-16-33(4)5/h10-15,18-20,31H,16-17H2,1-9H3. The molecular formula is C32H41N2O4SSi. The van der Waals surface area contributed by atoms with Crippen molar-refractivity contribution in [3.05, 3.63) is 75.9 Å². The number of nitrogens with zero attached hydrogens (tertiary/aromatic N) is 2. The number of para-hydroxylation sites is 1. The summed E-state index contributed by atoms with van der Waals surface area (Å²) < 4.78 is 20.8. The highest BCUT2D eigenvalue weighted by Crippen LogP contribution is 2.42. The van der Waals surface area contributed by atoms with Gasteiger partial charge < -0.3 is 23.4 Å². The minimum absolute atomic E-state index is 0.0298. The van der Waals surface area contributed by atoms with Gasteiger partial charge in [0.25, 0.3) is 0 Å². The summed E-state index contributed by atoms with van der Waals surface area (Å²) in [7, 11) is 6.37. The Morgan fingerprint density at radius 2 is 1.55 bits per heavy atom. The van der Waals surface area contributed by atoms with Crippen LogP contribution in [-0.4, -0.2) is 59.1 Å². The number of hydrogen-bond acceptors (Lipinski definition) is 6. The maximum absolute atomic E-state index is 13.7. The van der Waals surface area contributed by atoms with Crippen LogP contribution in [-0.2, 0) is 9.84 Å². The fourth-order valence-electron chi connectivity index (χ4n) is 5.05. The molecule has 0 aliphatic rings. The van der Waals surface area contributed by atoms with E-state index in [0.717, 1.165) is 50.9 Å². The van der Waals surface area contributed by atoms with Crippen molar-refractivity contribution >= 4 is 42.6 Å². The van der Waals surface area contributed by atoms with Gasteiger partial charge in [-0.05, 0) is 75.1 Å². The third-order valence-corrected chi connectivity index (χ3v) is 8.50. The quantitative estimate of drug-likeness (QED) is 0.116. The van der Waals surface area contributed by atoms with Crippen molar-refractivity contribution in [3.63, 3.8) is 0 Å². The Hall–Kier alpha value is -2.78. The number of aromatic nitrogens is 1. The molecule has 3 aromatic carbocycles. The largest absolute Gasteiger partial charge is 0.496 e. The Bertz CT molecular complexity index is 1530. The van der Waals surface area contributed by atoms with Gasteiger partial charge in [0.05, 0.1) is 25.3 Å². The molecule has 6 nitrogen and oxygen atoms in total. The van der Waals surface area contributed by atoms with Gasteiger partial charge in [-0.1, -0.05) is 32.9 Å². The van der Waals surface area contributed by atoms with Crippen LogP contribution in [0.25, 0.3) is 21.8 Å². The molecular weight excluding hydrogens is 537 g/mol. The fourth-order valence-corrected chi connectivity index (χ4v) is 6.79. The number of ether oxygens (including phenoxy) is 2. The summed E-state index contributed by atoms with van der Waals surface area (Å²) >= 11 is 1.79. The summed E-state index contributed by atoms with van der Waals surface area (Å²) in [5, 5.41) is 1.35. The molecule has 0 bridgehead atoms. The molecule has 1 unspecified atom stereocenters. The van der Waals surface area contributed by atoms with Crippen LogP contribution in [0.2, 0.25) is 13.1 Å². The van der Waals surface area contributed by atoms with E-state index in [0.29, 0.717) is 10.8 Å². The van der Waals surface area contributed by atoms with E-state index in [1.54, 1.807) is 26.0 Å². The van der Waals surface area contributed by atoms with E-state index in [-0.39, 0.29) is 10.8 Å². The Balaban J connectivity index is 2.05. The van der Waals surface area contributed by atoms with Crippen molar-refractivity contribution < 1.29 is 13.9 Å². The van der Waals surface area contributed by atoms with E-state index >= 15 is 0 Å². The van der Waals surface area contributed by atoms with Crippen LogP contribution in [0.5, 0.6) is 11.5 Å². The van der Waals surface area contributed by atoms with E-state index < -0.39 is 15.3 Å². The Kier molecular flexibility index (Phi) is 9.35. The number of hydrogen-bond donors (Lipinski definition) is 0. The zero-order valence-corrected chi connectivity index (χ0v) is 26.9. The first-order valence-electron chi connectivity index (χ1n) is 13.5. The van der Waals surface area contributed by atoms with E-state index in [9.17, 15) is 4.79 Å². The fraction of sp³-hybridized carbons (Fsp3) is 0.406. The molecule has 8 heteroatoms. The van der Waals surface area contributed by atoms with Gasteiger partial charge in [-0.2, -0.15) is 0 Å². The predicted molar refractivity (Wildman–Crippen MR) is 170 cm³/mol. The molecule has 4 aromatic rings. The minimum Gasteiger partial charge on any atom is -0.496 e. The molecule has 0 saturated heterocycles. The summed E-state index contributed by atoms with van der Waals surface area (Å²) in [6.45, 7) is 11.7. The lowest BCUT2D eigenvalue weighted by atomic mass is 9.84. The molecule has 0 amide bonds. The average Bonchev–Trinajstić information content (AvgIpc) is 2.90. The van der Waals surface area contributed by atoms with Gasteiger partial charge in [-0.25, -0.2) is 0 Å². The van der Waals surface area contributed by atoms with Crippen molar-refractivity contribution in [1.82, 2.24) is 9.47 Å². The first-order valence-corrected chi connectivity index (χ1v) is 16.9. The molecule has 1 heterocycles. The van der Waals surface area contributed by atoms with E-state index in [1.165, 1.54) is 0 Å². The third-order valence-electron chi connectivity index (χ3n) is 6.83. The second kappa shape index (κ2) is 12.4. The van der Waals surface area contributed by atoms with Crippen LogP contribution >= 0.6 is 11.8 Å². The van der Waals surface area contributed by atoms with E-state index in [2.05, 4.69) is 81.7 Å². The van der Waals surface area contributed by atoms with E-state index in [1.807, 2.05) is 30.3 Å². The van der Waals surface area contributed by atoms with Crippen LogP contribution in [0.3, 0.4) is 0 Å². The maximum atomic E-state index is 13.7. The molecule has 0 spiro atoms. The first-order chi connectivity index (χ1) is 19.0. The Morgan fingerprint density at radius 1 is 0.925 bits per heavy atom. The Labute approximate surface area is 244 Å². The van der Waals surface area contributed by atoms with Crippen molar-refractivity contribution in [2.45, 2.75) is 50.4 Å². The van der Waals surface area contributed by atoms with Crippen molar-refractivity contribution in [1.29, 1.82) is 0 Å². The van der Waals surface area contributed by atoms with Gasteiger partial charge in [0.15, 0.2) is 11.7 Å². The Morgan fingerprint density at radius 3 is 2.12 bits per heavy atom. The smallest absolute Gasteiger partial charge is 0.208 e. The van der Waals surface area contributed by atoms with Crippen LogP contribution in [0.4, 0.5) is 0 Å². The van der Waals surface area contributed by atoms with Gasteiger partial charge in [0.2, 0.25) is 9.04 Å². The molecule has 4 rings (SSSR count). The molecule has 0 aliphatic carbocycles. The van der Waals surface area contributed by atoms with Crippen molar-refractivity contribution in [2.24, 2.45) is 0 Å². The summed E-state index contributed by atoms with van der Waals surface area (Å²) in [6, 6.07) is 18.1. The number of pyridine rings is 1. The number of methoxy groups -OCH3 is 2. The molecule has 1 atom stereocenters. The molecule has 0 N–H and O–H groups in total. The van der Waals surface area contributed by atoms with Gasteiger partial charge in [-0.3, -0.25) is 4.79 Å². The summed E-state index contributed by atoms with van der Waals surface area (Å²) in [5.41, 5.74) is 3.45. The molecule has 40 heavy (non-hydrogen) atoms.